The number of oxazole rings is 1. The lowest BCUT2D eigenvalue weighted by atomic mass is 10.0. The second-order valence-corrected chi connectivity index (χ2v) is 5.50. The van der Waals surface area contributed by atoms with Gasteiger partial charge in [-0.3, -0.25) is 0 Å². The number of likely N-dealkylation sites (N-methyl/N-ethyl adjacent to an activating group) is 1. The maximum atomic E-state index is 12.7. The summed E-state index contributed by atoms with van der Waals surface area (Å²) in [6.07, 6.45) is -4.36. The summed E-state index contributed by atoms with van der Waals surface area (Å²) < 4.78 is 43.3. The van der Waals surface area contributed by atoms with Gasteiger partial charge in [0.2, 0.25) is 11.6 Å². The van der Waals surface area contributed by atoms with Crippen LogP contribution < -0.4 is 5.32 Å². The van der Waals surface area contributed by atoms with Gasteiger partial charge in [-0.2, -0.15) is 18.4 Å². The molecule has 2 aromatic rings. The molecule has 128 valence electrons. The van der Waals surface area contributed by atoms with Gasteiger partial charge in [-0.25, -0.2) is 4.98 Å². The van der Waals surface area contributed by atoms with Crippen molar-refractivity contribution in [2.24, 2.45) is 0 Å². The number of nitrogens with zero attached hydrogens (tertiary/aromatic N) is 3. The zero-order chi connectivity index (χ0) is 17.9. The van der Waals surface area contributed by atoms with E-state index in [2.05, 4.69) is 10.3 Å². The number of halogens is 3. The summed E-state index contributed by atoms with van der Waals surface area (Å²) in [6.45, 7) is 1.98. The molecule has 0 fully saturated rings. The molecule has 0 aliphatic carbocycles. The highest BCUT2D eigenvalue weighted by molar-refractivity contribution is 5.45. The number of hydrogen-bond acceptors (Lipinski definition) is 5. The number of benzene rings is 1. The number of nitriles is 1. The Morgan fingerprint density at radius 2 is 1.92 bits per heavy atom. The molecule has 8 heteroatoms. The number of aromatic nitrogens is 1. The summed E-state index contributed by atoms with van der Waals surface area (Å²) >= 11 is 0. The largest absolute Gasteiger partial charge is 0.424 e. The zero-order valence-corrected chi connectivity index (χ0v) is 13.5. The van der Waals surface area contributed by atoms with Crippen LogP contribution in [0.25, 0.3) is 0 Å². The van der Waals surface area contributed by atoms with Gasteiger partial charge in [0, 0.05) is 13.5 Å². The fourth-order valence-electron chi connectivity index (χ4n) is 2.30. The van der Waals surface area contributed by atoms with Gasteiger partial charge >= 0.3 is 6.18 Å². The van der Waals surface area contributed by atoms with Gasteiger partial charge in [-0.1, -0.05) is 12.1 Å². The van der Waals surface area contributed by atoms with Crippen LogP contribution in [0.15, 0.2) is 28.7 Å². The van der Waals surface area contributed by atoms with Gasteiger partial charge in [0.15, 0.2) is 5.89 Å². The van der Waals surface area contributed by atoms with Crippen LogP contribution in [0.3, 0.4) is 0 Å². The highest BCUT2D eigenvalue weighted by Gasteiger charge is 2.30. The lowest BCUT2D eigenvalue weighted by Gasteiger charge is -2.25. The highest BCUT2D eigenvalue weighted by atomic mass is 19.4. The molecule has 1 N–H and O–H groups in total. The fraction of sp³-hybridized carbons (Fsp3) is 0.375. The van der Waals surface area contributed by atoms with Crippen LogP contribution in [0, 0.1) is 18.3 Å². The summed E-state index contributed by atoms with van der Waals surface area (Å²) in [7, 11) is 3.64. The fourth-order valence-corrected chi connectivity index (χ4v) is 2.30. The first-order valence-corrected chi connectivity index (χ1v) is 7.17. The predicted octanol–water partition coefficient (Wildman–Crippen LogP) is 3.59. The molecule has 0 saturated heterocycles. The van der Waals surface area contributed by atoms with Crippen LogP contribution in [-0.2, 0) is 6.18 Å². The standard InChI is InChI=1S/C16H17F3N4O/c1-10-22-13(8-20)15(24-10)21-9-14(23(2)3)11-4-6-12(7-5-11)16(17,18)19/h4-7,14,21H,9H2,1-3H3/t14-/m1/s1. The molecule has 0 saturated carbocycles. The Morgan fingerprint density at radius 1 is 1.29 bits per heavy atom. The average Bonchev–Trinajstić information content (AvgIpc) is 2.87. The molecule has 1 atom stereocenters. The second kappa shape index (κ2) is 6.93. The third-order valence-corrected chi connectivity index (χ3v) is 3.54. The quantitative estimate of drug-likeness (QED) is 0.902. The third-order valence-electron chi connectivity index (χ3n) is 3.54. The summed E-state index contributed by atoms with van der Waals surface area (Å²) in [6, 6.07) is 6.74. The number of aryl methyl sites for hydroxylation is 1. The molecule has 0 amide bonds. The van der Waals surface area contributed by atoms with Gasteiger partial charge in [0.05, 0.1) is 11.6 Å². The molecule has 1 aromatic heterocycles. The number of anilines is 1. The first-order valence-electron chi connectivity index (χ1n) is 7.17. The topological polar surface area (TPSA) is 65.1 Å². The first-order chi connectivity index (χ1) is 11.2. The monoisotopic (exact) mass is 338 g/mol. The Kier molecular flexibility index (Phi) is 5.14. The normalized spacial score (nSPS) is 12.9. The first kappa shape index (κ1) is 17.8. The maximum Gasteiger partial charge on any atom is 0.416 e. The molecule has 0 radical (unpaired) electrons. The van der Waals surface area contributed by atoms with Gasteiger partial charge in [-0.05, 0) is 31.8 Å². The molecule has 1 aromatic carbocycles. The van der Waals surface area contributed by atoms with Crippen LogP contribution >= 0.6 is 0 Å². The van der Waals surface area contributed by atoms with Crippen LogP contribution in [0.5, 0.6) is 0 Å². The SMILES string of the molecule is Cc1nc(C#N)c(NC[C@H](c2ccc(C(F)(F)F)cc2)N(C)C)o1. The number of rotatable bonds is 5. The van der Waals surface area contributed by atoms with Crippen LogP contribution in [0.4, 0.5) is 19.1 Å². The molecule has 2 rings (SSSR count). The van der Waals surface area contributed by atoms with E-state index in [0.717, 1.165) is 17.7 Å². The minimum absolute atomic E-state index is 0.150. The van der Waals surface area contributed by atoms with Gasteiger partial charge in [-0.15, -0.1) is 0 Å². The molecular formula is C16H17F3N4O. The second-order valence-electron chi connectivity index (χ2n) is 5.50. The van der Waals surface area contributed by atoms with E-state index in [-0.39, 0.29) is 17.6 Å². The van der Waals surface area contributed by atoms with E-state index in [0.29, 0.717) is 12.4 Å². The lowest BCUT2D eigenvalue weighted by molar-refractivity contribution is -0.137. The van der Waals surface area contributed by atoms with E-state index in [1.54, 1.807) is 6.92 Å². The number of nitrogens with one attached hydrogen (secondary N) is 1. The van der Waals surface area contributed by atoms with E-state index in [1.165, 1.54) is 12.1 Å². The Hall–Kier alpha value is -2.53. The summed E-state index contributed by atoms with van der Waals surface area (Å²) in [5.41, 5.74) is 0.182. The van der Waals surface area contributed by atoms with E-state index in [9.17, 15) is 13.2 Å². The summed E-state index contributed by atoms with van der Waals surface area (Å²) in [4.78, 5) is 5.80. The van der Waals surface area contributed by atoms with E-state index < -0.39 is 11.7 Å². The van der Waals surface area contributed by atoms with Crippen molar-refractivity contribution < 1.29 is 17.6 Å². The van der Waals surface area contributed by atoms with Gasteiger partial charge in [0.1, 0.15) is 6.07 Å². The van der Waals surface area contributed by atoms with Crippen molar-refractivity contribution in [1.29, 1.82) is 5.26 Å². The van der Waals surface area contributed by atoms with Crippen molar-refractivity contribution in [3.63, 3.8) is 0 Å². The minimum Gasteiger partial charge on any atom is -0.424 e. The maximum absolute atomic E-state index is 12.7. The molecule has 0 aliphatic rings. The minimum atomic E-state index is -4.36. The summed E-state index contributed by atoms with van der Waals surface area (Å²) in [5, 5.41) is 12.0. The van der Waals surface area contributed by atoms with Crippen LogP contribution in [0.1, 0.15) is 28.8 Å². The van der Waals surface area contributed by atoms with Crippen molar-refractivity contribution in [1.82, 2.24) is 9.88 Å². The van der Waals surface area contributed by atoms with Crippen molar-refractivity contribution in [2.45, 2.75) is 19.1 Å². The smallest absolute Gasteiger partial charge is 0.416 e. The van der Waals surface area contributed by atoms with E-state index in [1.807, 2.05) is 25.1 Å². The van der Waals surface area contributed by atoms with Crippen molar-refractivity contribution in [3.05, 3.63) is 47.0 Å². The van der Waals surface area contributed by atoms with Crippen molar-refractivity contribution >= 4 is 5.88 Å². The van der Waals surface area contributed by atoms with Crippen LogP contribution in [0.2, 0.25) is 0 Å². The van der Waals surface area contributed by atoms with E-state index >= 15 is 0 Å². The Labute approximate surface area is 137 Å². The summed E-state index contributed by atoms with van der Waals surface area (Å²) in [5.74, 6) is 0.624. The Bertz CT molecular complexity index is 729. The molecule has 0 unspecified atom stereocenters. The van der Waals surface area contributed by atoms with Gasteiger partial charge < -0.3 is 14.6 Å². The van der Waals surface area contributed by atoms with Crippen LogP contribution in [-0.4, -0.2) is 30.5 Å². The molecule has 5 nitrogen and oxygen atoms in total. The molecule has 0 bridgehead atoms. The molecule has 1 heterocycles. The average molecular weight is 338 g/mol. The zero-order valence-electron chi connectivity index (χ0n) is 13.5. The number of alkyl halides is 3. The van der Waals surface area contributed by atoms with Crippen molar-refractivity contribution in [2.75, 3.05) is 26.0 Å². The predicted molar refractivity (Wildman–Crippen MR) is 82.3 cm³/mol. The van der Waals surface area contributed by atoms with Crippen molar-refractivity contribution in [3.8, 4) is 6.07 Å². The molecule has 0 aliphatic heterocycles. The number of hydrogen-bond donors (Lipinski definition) is 1. The van der Waals surface area contributed by atoms with Gasteiger partial charge in [0.25, 0.3) is 0 Å². The van der Waals surface area contributed by atoms with E-state index in [4.69, 9.17) is 9.68 Å². The lowest BCUT2D eigenvalue weighted by Crippen LogP contribution is -2.27. The molecule has 24 heavy (non-hydrogen) atoms. The molecule has 0 spiro atoms. The Morgan fingerprint density at radius 3 is 2.42 bits per heavy atom. The highest BCUT2D eigenvalue weighted by Crippen LogP contribution is 2.30. The Balaban J connectivity index is 2.16. The molecular weight excluding hydrogens is 321 g/mol. The third kappa shape index (κ3) is 4.06.